The van der Waals surface area contributed by atoms with Gasteiger partial charge in [-0.25, -0.2) is 19.2 Å². The standard InChI is InChI=1S/C38H46ClF3N6O9S/c1-35(2,3)56-31(51)44-16-10-9-11-27(45-33(53)57-36(4,5)6)29(49)54-17-18-55-32(52)46-28-20-24(14-15-26(28)39)48-34(58)47(30(50)37(48,7)8)23-13-12-22(21-43)25(19-23)38(40,41)42/h12-15,19-20,27H,9-11,16-18H2,1-8H3,(H,44,51)(H,45,53)(H,46,52)/t27-/m0/s1. The molecule has 0 spiro atoms. The third kappa shape index (κ3) is 13.1. The molecule has 0 saturated carbocycles. The van der Waals surface area contributed by atoms with Crippen LogP contribution in [0.25, 0.3) is 0 Å². The number of unbranched alkanes of at least 4 members (excludes halogenated alkanes) is 1. The summed E-state index contributed by atoms with van der Waals surface area (Å²) in [5.74, 6) is -1.48. The van der Waals surface area contributed by atoms with E-state index in [0.717, 1.165) is 11.0 Å². The largest absolute Gasteiger partial charge is 0.461 e. The number of alkyl halides is 3. The fraction of sp³-hybridized carbons (Fsp3) is 0.500. The van der Waals surface area contributed by atoms with Gasteiger partial charge in [0.05, 0.1) is 33.6 Å². The molecule has 3 rings (SSSR count). The maximum absolute atomic E-state index is 13.7. The number of alkyl carbamates (subject to hydrolysis) is 2. The van der Waals surface area contributed by atoms with E-state index in [2.05, 4.69) is 16.0 Å². The molecule has 1 saturated heterocycles. The van der Waals surface area contributed by atoms with Crippen LogP contribution in [0.15, 0.2) is 36.4 Å². The number of esters is 1. The second-order valence-corrected chi connectivity index (χ2v) is 16.1. The topological polar surface area (TPSA) is 189 Å². The number of ether oxygens (including phenoxy) is 4. The summed E-state index contributed by atoms with van der Waals surface area (Å²) in [6, 6.07) is 7.46. The molecule has 58 heavy (non-hydrogen) atoms. The lowest BCUT2D eigenvalue weighted by molar-refractivity contribution is -0.147. The molecule has 1 heterocycles. The van der Waals surface area contributed by atoms with Gasteiger partial charge in [-0.15, -0.1) is 0 Å². The van der Waals surface area contributed by atoms with Crippen molar-refractivity contribution in [3.63, 3.8) is 0 Å². The molecule has 0 radical (unpaired) electrons. The van der Waals surface area contributed by atoms with E-state index in [1.54, 1.807) is 41.5 Å². The Morgan fingerprint density at radius 2 is 1.50 bits per heavy atom. The predicted molar refractivity (Wildman–Crippen MR) is 211 cm³/mol. The Balaban J connectivity index is 1.63. The second kappa shape index (κ2) is 18.9. The number of benzene rings is 2. The smallest absolute Gasteiger partial charge is 0.417 e. The van der Waals surface area contributed by atoms with Crippen LogP contribution in [-0.4, -0.2) is 77.8 Å². The average Bonchev–Trinajstić information content (AvgIpc) is 3.26. The van der Waals surface area contributed by atoms with Gasteiger partial charge < -0.3 is 34.5 Å². The molecule has 2 aromatic carbocycles. The Morgan fingerprint density at radius 1 is 0.897 bits per heavy atom. The molecule has 1 aliphatic heterocycles. The number of hydrogen-bond acceptors (Lipinski definition) is 11. The highest BCUT2D eigenvalue weighted by Crippen LogP contribution is 2.41. The van der Waals surface area contributed by atoms with Gasteiger partial charge in [0, 0.05) is 12.2 Å². The van der Waals surface area contributed by atoms with Crippen molar-refractivity contribution in [2.45, 2.75) is 104 Å². The third-order valence-electron chi connectivity index (χ3n) is 7.92. The van der Waals surface area contributed by atoms with Gasteiger partial charge in [-0.2, -0.15) is 18.4 Å². The molecular weight excluding hydrogens is 809 g/mol. The van der Waals surface area contributed by atoms with Gasteiger partial charge in [0.2, 0.25) is 0 Å². The van der Waals surface area contributed by atoms with Gasteiger partial charge in [0.1, 0.15) is 36.0 Å². The van der Waals surface area contributed by atoms with Crippen molar-refractivity contribution in [2.24, 2.45) is 0 Å². The van der Waals surface area contributed by atoms with E-state index in [4.69, 9.17) is 42.8 Å². The molecule has 0 bridgehead atoms. The van der Waals surface area contributed by atoms with Crippen molar-refractivity contribution in [3.8, 4) is 6.07 Å². The number of rotatable bonds is 13. The van der Waals surface area contributed by atoms with Crippen LogP contribution >= 0.6 is 23.8 Å². The van der Waals surface area contributed by atoms with Gasteiger partial charge in [-0.05, 0) is 123 Å². The number of nitriles is 1. The van der Waals surface area contributed by atoms with Crippen LogP contribution in [0.5, 0.6) is 0 Å². The number of anilines is 3. The molecule has 1 atom stereocenters. The van der Waals surface area contributed by atoms with Crippen molar-refractivity contribution < 1.29 is 56.1 Å². The SMILES string of the molecule is CC(C)(C)OC(=O)NCCCC[C@H](NC(=O)OC(C)(C)C)C(=O)OCCOC(=O)Nc1cc(N2C(=S)N(c3ccc(C#N)c(C(F)(F)F)c3)C(=O)C2(C)C)ccc1Cl. The van der Waals surface area contributed by atoms with E-state index < -0.39 is 83.5 Å². The molecule has 0 aliphatic carbocycles. The zero-order valence-corrected chi connectivity index (χ0v) is 34.8. The molecule has 15 nitrogen and oxygen atoms in total. The fourth-order valence-electron chi connectivity index (χ4n) is 5.41. The van der Waals surface area contributed by atoms with Gasteiger partial charge in [0.25, 0.3) is 5.91 Å². The number of thiocarbonyl (C=S) groups is 1. The number of halogens is 4. The van der Waals surface area contributed by atoms with Crippen LogP contribution in [0.1, 0.15) is 85.8 Å². The minimum Gasteiger partial charge on any atom is -0.461 e. The first-order chi connectivity index (χ1) is 26.7. The first-order valence-electron chi connectivity index (χ1n) is 17.9. The molecule has 20 heteroatoms. The van der Waals surface area contributed by atoms with Gasteiger partial charge in [-0.3, -0.25) is 15.0 Å². The molecule has 0 aromatic heterocycles. The van der Waals surface area contributed by atoms with Gasteiger partial charge in [-0.1, -0.05) is 11.6 Å². The summed E-state index contributed by atoms with van der Waals surface area (Å²) in [7, 11) is 0. The molecule has 2 aromatic rings. The minimum absolute atomic E-state index is 0.0196. The Labute approximate surface area is 344 Å². The van der Waals surface area contributed by atoms with E-state index in [9.17, 15) is 42.4 Å². The van der Waals surface area contributed by atoms with Crippen LogP contribution in [0, 0.1) is 11.3 Å². The quantitative estimate of drug-likeness (QED) is 0.0768. The number of carbonyl (C=O) groups is 5. The summed E-state index contributed by atoms with van der Waals surface area (Å²) in [6.07, 6.45) is -6.35. The van der Waals surface area contributed by atoms with Crippen molar-refractivity contribution in [2.75, 3.05) is 34.9 Å². The lowest BCUT2D eigenvalue weighted by Gasteiger charge is -2.30. The monoisotopic (exact) mass is 854 g/mol. The third-order valence-corrected chi connectivity index (χ3v) is 8.62. The second-order valence-electron chi connectivity index (χ2n) is 15.4. The number of amides is 4. The summed E-state index contributed by atoms with van der Waals surface area (Å²) in [5, 5.41) is 16.6. The van der Waals surface area contributed by atoms with Crippen LogP contribution in [0.2, 0.25) is 5.02 Å². The first kappa shape index (κ1) is 47.0. The molecule has 3 N–H and O–H groups in total. The average molecular weight is 855 g/mol. The molecule has 1 aliphatic rings. The summed E-state index contributed by atoms with van der Waals surface area (Å²) in [6.45, 7) is 12.6. The maximum Gasteiger partial charge on any atom is 0.417 e. The first-order valence-corrected chi connectivity index (χ1v) is 18.7. The van der Waals surface area contributed by atoms with E-state index >= 15 is 0 Å². The lowest BCUT2D eigenvalue weighted by Crippen LogP contribution is -2.44. The zero-order chi connectivity index (χ0) is 43.8. The molecule has 4 amide bonds. The Bertz CT molecular complexity index is 1940. The Morgan fingerprint density at radius 3 is 2.10 bits per heavy atom. The molecule has 1 fully saturated rings. The minimum atomic E-state index is -4.88. The Hall–Kier alpha value is -5.35. The van der Waals surface area contributed by atoms with Crippen LogP contribution in [0.4, 0.5) is 44.6 Å². The van der Waals surface area contributed by atoms with Crippen molar-refractivity contribution in [1.29, 1.82) is 5.26 Å². The van der Waals surface area contributed by atoms with E-state index in [1.807, 2.05) is 0 Å². The lowest BCUT2D eigenvalue weighted by atomic mass is 10.0. The zero-order valence-electron chi connectivity index (χ0n) is 33.2. The number of hydrogen-bond donors (Lipinski definition) is 3. The van der Waals surface area contributed by atoms with Gasteiger partial charge >= 0.3 is 30.4 Å². The highest BCUT2D eigenvalue weighted by molar-refractivity contribution is 7.81. The summed E-state index contributed by atoms with van der Waals surface area (Å²) >= 11 is 11.9. The van der Waals surface area contributed by atoms with E-state index in [0.29, 0.717) is 18.9 Å². The summed E-state index contributed by atoms with van der Waals surface area (Å²) in [4.78, 5) is 66.0. The summed E-state index contributed by atoms with van der Waals surface area (Å²) < 4.78 is 62.1. The number of carbonyl (C=O) groups excluding carboxylic acids is 5. The predicted octanol–water partition coefficient (Wildman–Crippen LogP) is 7.83. The van der Waals surface area contributed by atoms with Crippen molar-refractivity contribution in [1.82, 2.24) is 10.6 Å². The highest BCUT2D eigenvalue weighted by Gasteiger charge is 2.51. The van der Waals surface area contributed by atoms with Crippen LogP contribution in [-0.2, 0) is 34.7 Å². The highest BCUT2D eigenvalue weighted by atomic mass is 35.5. The van der Waals surface area contributed by atoms with Gasteiger partial charge in [0.15, 0.2) is 5.11 Å². The van der Waals surface area contributed by atoms with Crippen molar-refractivity contribution >= 4 is 76.1 Å². The number of nitrogens with zero attached hydrogens (tertiary/aromatic N) is 3. The molecule has 0 unspecified atom stereocenters. The number of nitrogens with one attached hydrogen (secondary N) is 3. The molecular formula is C38H46ClF3N6O9S. The van der Waals surface area contributed by atoms with E-state index in [-0.39, 0.29) is 40.2 Å². The Kier molecular flexibility index (Phi) is 15.4. The van der Waals surface area contributed by atoms with E-state index in [1.165, 1.54) is 49.1 Å². The van der Waals surface area contributed by atoms with Crippen LogP contribution in [0.3, 0.4) is 0 Å². The normalized spacial score (nSPS) is 14.6. The van der Waals surface area contributed by atoms with Crippen molar-refractivity contribution in [3.05, 3.63) is 52.5 Å². The maximum atomic E-state index is 13.7. The van der Waals surface area contributed by atoms with Crippen LogP contribution < -0.4 is 25.8 Å². The molecule has 316 valence electrons. The summed E-state index contributed by atoms with van der Waals surface area (Å²) in [5.41, 5.74) is -4.73. The fourth-order valence-corrected chi connectivity index (χ4v) is 6.09.